The number of ether oxygens (including phenoxy) is 2. The Hall–Kier alpha value is -2.25. The maximum Gasteiger partial charge on any atom is 0.343 e. The highest BCUT2D eigenvalue weighted by molar-refractivity contribution is 7.92. The number of nitrogens with one attached hydrogen (secondary N) is 1. The molecule has 1 N–H and O–H groups in total. The number of halogens is 1. The predicted octanol–water partition coefficient (Wildman–Crippen LogP) is 3.56. The molecule has 2 rings (SSSR count). The van der Waals surface area contributed by atoms with Crippen molar-refractivity contribution in [3.05, 3.63) is 52.5 Å². The van der Waals surface area contributed by atoms with E-state index in [2.05, 4.69) is 9.46 Å². The number of carbonyl (C=O) groups excluding carboxylic acids is 1. The van der Waals surface area contributed by atoms with Crippen molar-refractivity contribution in [1.82, 2.24) is 0 Å². The molecule has 0 saturated heterocycles. The third-order valence-corrected chi connectivity index (χ3v) is 5.41. The van der Waals surface area contributed by atoms with E-state index in [0.717, 1.165) is 11.1 Å². The first kappa shape index (κ1) is 20.1. The number of anilines is 1. The molecule has 0 amide bonds. The number of hydrogen-bond donors (Lipinski definition) is 1. The fraction of sp³-hybridized carbons (Fsp3) is 0.278. The van der Waals surface area contributed by atoms with Gasteiger partial charge in [0.15, 0.2) is 6.61 Å². The molecule has 0 aliphatic heterocycles. The molecule has 0 aliphatic carbocycles. The van der Waals surface area contributed by atoms with Gasteiger partial charge >= 0.3 is 5.97 Å². The lowest BCUT2D eigenvalue weighted by molar-refractivity contribution is -0.142. The van der Waals surface area contributed by atoms with Gasteiger partial charge in [-0.05, 0) is 42.7 Å². The summed E-state index contributed by atoms with van der Waals surface area (Å²) in [5, 5.41) is 0.0808. The Morgan fingerprint density at radius 1 is 1.23 bits per heavy atom. The number of benzene rings is 2. The van der Waals surface area contributed by atoms with Crippen LogP contribution in [0.4, 0.5) is 5.69 Å². The van der Waals surface area contributed by atoms with E-state index in [1.807, 2.05) is 32.0 Å². The molecule has 0 bridgehead atoms. The summed E-state index contributed by atoms with van der Waals surface area (Å²) >= 11 is 6.09. The zero-order valence-electron chi connectivity index (χ0n) is 14.7. The van der Waals surface area contributed by atoms with Crippen LogP contribution in [-0.2, 0) is 26.0 Å². The molecule has 6 nitrogen and oxygen atoms in total. The summed E-state index contributed by atoms with van der Waals surface area (Å²) in [6, 6.07) is 9.65. The van der Waals surface area contributed by atoms with Gasteiger partial charge in [0.1, 0.15) is 5.75 Å². The summed E-state index contributed by atoms with van der Waals surface area (Å²) in [7, 11) is -2.58. The molecule has 0 radical (unpaired) electrons. The Morgan fingerprint density at radius 2 is 1.96 bits per heavy atom. The number of carbonyl (C=O) groups is 1. The van der Waals surface area contributed by atoms with Gasteiger partial charge < -0.3 is 9.47 Å². The maximum absolute atomic E-state index is 12.7. The van der Waals surface area contributed by atoms with Gasteiger partial charge in [-0.2, -0.15) is 0 Å². The number of aryl methyl sites for hydroxylation is 2. The molecule has 0 spiro atoms. The SMILES string of the molecule is CCc1cccc(C)c1NS(=O)(=O)c1ccc(OCC(=O)OC)c(Cl)c1. The van der Waals surface area contributed by atoms with Crippen molar-refractivity contribution in [2.75, 3.05) is 18.4 Å². The minimum Gasteiger partial charge on any atom is -0.480 e. The molecule has 0 heterocycles. The molecule has 2 aromatic rings. The average molecular weight is 398 g/mol. The van der Waals surface area contributed by atoms with Crippen molar-refractivity contribution in [2.24, 2.45) is 0 Å². The lowest BCUT2D eigenvalue weighted by Gasteiger charge is -2.15. The van der Waals surface area contributed by atoms with Crippen LogP contribution in [0.1, 0.15) is 18.1 Å². The Morgan fingerprint density at radius 3 is 2.58 bits per heavy atom. The Balaban J connectivity index is 2.27. The minimum absolute atomic E-state index is 0.00164. The van der Waals surface area contributed by atoms with Crippen LogP contribution in [0, 0.1) is 6.92 Å². The van der Waals surface area contributed by atoms with E-state index in [0.29, 0.717) is 12.1 Å². The molecule has 0 fully saturated rings. The maximum atomic E-state index is 12.7. The Labute approximate surface area is 158 Å². The summed E-state index contributed by atoms with van der Waals surface area (Å²) in [4.78, 5) is 11.1. The number of para-hydroxylation sites is 1. The molecule has 140 valence electrons. The minimum atomic E-state index is -3.83. The highest BCUT2D eigenvalue weighted by Crippen LogP contribution is 2.30. The van der Waals surface area contributed by atoms with Crippen LogP contribution in [0.5, 0.6) is 5.75 Å². The number of hydrogen-bond acceptors (Lipinski definition) is 5. The van der Waals surface area contributed by atoms with Gasteiger partial charge in [0.05, 0.1) is 22.7 Å². The van der Waals surface area contributed by atoms with Gasteiger partial charge in [-0.25, -0.2) is 13.2 Å². The second-order valence-electron chi connectivity index (χ2n) is 5.53. The summed E-state index contributed by atoms with van der Waals surface area (Å²) in [5.41, 5.74) is 2.30. The van der Waals surface area contributed by atoms with Gasteiger partial charge in [-0.3, -0.25) is 4.72 Å². The zero-order chi connectivity index (χ0) is 19.3. The van der Waals surface area contributed by atoms with Gasteiger partial charge in [-0.1, -0.05) is 36.7 Å². The predicted molar refractivity (Wildman–Crippen MR) is 100 cm³/mol. The van der Waals surface area contributed by atoms with E-state index >= 15 is 0 Å². The van der Waals surface area contributed by atoms with E-state index in [-0.39, 0.29) is 22.3 Å². The second-order valence-corrected chi connectivity index (χ2v) is 7.61. The Bertz CT molecular complexity index is 912. The third kappa shape index (κ3) is 4.68. The lowest BCUT2D eigenvalue weighted by Crippen LogP contribution is -2.16. The number of rotatable bonds is 7. The summed E-state index contributed by atoms with van der Waals surface area (Å²) in [5.74, 6) is -0.368. The van der Waals surface area contributed by atoms with Crippen LogP contribution < -0.4 is 9.46 Å². The molecule has 26 heavy (non-hydrogen) atoms. The van der Waals surface area contributed by atoms with Gasteiger partial charge in [0.2, 0.25) is 0 Å². The molecule has 2 aromatic carbocycles. The summed E-state index contributed by atoms with van der Waals surface area (Å²) < 4.78 is 37.7. The molecule has 0 saturated carbocycles. The molecular weight excluding hydrogens is 378 g/mol. The van der Waals surface area contributed by atoms with E-state index in [9.17, 15) is 13.2 Å². The van der Waals surface area contributed by atoms with Crippen LogP contribution in [0.15, 0.2) is 41.3 Å². The van der Waals surface area contributed by atoms with Crippen molar-refractivity contribution in [3.8, 4) is 5.75 Å². The first-order valence-corrected chi connectivity index (χ1v) is 9.75. The second kappa shape index (κ2) is 8.42. The number of methoxy groups -OCH3 is 1. The fourth-order valence-corrected chi connectivity index (χ4v) is 3.82. The fourth-order valence-electron chi connectivity index (χ4n) is 2.32. The topological polar surface area (TPSA) is 81.7 Å². The van der Waals surface area contributed by atoms with E-state index in [4.69, 9.17) is 16.3 Å². The van der Waals surface area contributed by atoms with Crippen molar-refractivity contribution in [1.29, 1.82) is 0 Å². The smallest absolute Gasteiger partial charge is 0.343 e. The number of sulfonamides is 1. The quantitative estimate of drug-likeness (QED) is 0.722. The monoisotopic (exact) mass is 397 g/mol. The van der Waals surface area contributed by atoms with Crippen molar-refractivity contribution in [3.63, 3.8) is 0 Å². The standard InChI is InChI=1S/C18H20ClNO5S/c1-4-13-7-5-6-12(2)18(13)20-26(22,23)14-8-9-16(15(19)10-14)25-11-17(21)24-3/h5-10,20H,4,11H2,1-3H3. The number of esters is 1. The molecule has 0 aromatic heterocycles. The van der Waals surface area contributed by atoms with E-state index in [1.165, 1.54) is 25.3 Å². The first-order valence-electron chi connectivity index (χ1n) is 7.89. The molecule has 8 heteroatoms. The first-order chi connectivity index (χ1) is 12.3. The van der Waals surface area contributed by atoms with Gasteiger partial charge in [0, 0.05) is 0 Å². The van der Waals surface area contributed by atoms with Crippen molar-refractivity contribution >= 4 is 33.3 Å². The Kier molecular flexibility index (Phi) is 6.50. The van der Waals surface area contributed by atoms with Crippen molar-refractivity contribution in [2.45, 2.75) is 25.2 Å². The average Bonchev–Trinajstić information content (AvgIpc) is 2.61. The highest BCUT2D eigenvalue weighted by Gasteiger charge is 2.19. The van der Waals surface area contributed by atoms with Crippen LogP contribution in [0.2, 0.25) is 5.02 Å². The van der Waals surface area contributed by atoms with Crippen LogP contribution >= 0.6 is 11.6 Å². The molecule has 0 aliphatic rings. The summed E-state index contributed by atoms with van der Waals surface area (Å²) in [6.07, 6.45) is 0.695. The zero-order valence-corrected chi connectivity index (χ0v) is 16.3. The van der Waals surface area contributed by atoms with Gasteiger partial charge in [-0.15, -0.1) is 0 Å². The van der Waals surface area contributed by atoms with Crippen LogP contribution in [0.3, 0.4) is 0 Å². The lowest BCUT2D eigenvalue weighted by atomic mass is 10.1. The normalized spacial score (nSPS) is 11.1. The van der Waals surface area contributed by atoms with Crippen LogP contribution in [-0.4, -0.2) is 28.1 Å². The molecule has 0 unspecified atom stereocenters. The summed E-state index contributed by atoms with van der Waals surface area (Å²) in [6.45, 7) is 3.48. The van der Waals surface area contributed by atoms with Gasteiger partial charge in [0.25, 0.3) is 10.0 Å². The van der Waals surface area contributed by atoms with E-state index < -0.39 is 16.0 Å². The third-order valence-electron chi connectivity index (χ3n) is 3.76. The van der Waals surface area contributed by atoms with E-state index in [1.54, 1.807) is 0 Å². The highest BCUT2D eigenvalue weighted by atomic mass is 35.5. The molecule has 0 atom stereocenters. The van der Waals surface area contributed by atoms with Crippen LogP contribution in [0.25, 0.3) is 0 Å². The van der Waals surface area contributed by atoms with Crippen molar-refractivity contribution < 1.29 is 22.7 Å². The largest absolute Gasteiger partial charge is 0.480 e. The molecular formula is C18H20ClNO5S.